The number of hydrogen-bond acceptors (Lipinski definition) is 4. The Morgan fingerprint density at radius 1 is 1.71 bits per heavy atom. The first kappa shape index (κ1) is 9.68. The molecule has 2 atom stereocenters. The lowest BCUT2D eigenvalue weighted by Crippen LogP contribution is -2.48. The van der Waals surface area contributed by atoms with Crippen LogP contribution in [0.2, 0.25) is 0 Å². The number of nitrogens with zero attached hydrogens (tertiary/aromatic N) is 2. The van der Waals surface area contributed by atoms with Crippen molar-refractivity contribution in [1.29, 1.82) is 0 Å². The van der Waals surface area contributed by atoms with Crippen molar-refractivity contribution in [3.63, 3.8) is 0 Å². The van der Waals surface area contributed by atoms with Crippen molar-refractivity contribution in [3.05, 3.63) is 12.3 Å². The van der Waals surface area contributed by atoms with Crippen LogP contribution in [0, 0.1) is 0 Å². The molecule has 0 bridgehead atoms. The summed E-state index contributed by atoms with van der Waals surface area (Å²) in [6.07, 6.45) is 9.35. The number of hydrogen-bond donors (Lipinski definition) is 1. The van der Waals surface area contributed by atoms with E-state index in [9.17, 15) is 0 Å². The number of methoxy groups -OCH3 is 1. The summed E-state index contributed by atoms with van der Waals surface area (Å²) >= 11 is 0. The van der Waals surface area contributed by atoms with Crippen LogP contribution in [0.15, 0.2) is 17.3 Å². The molecule has 14 heavy (non-hydrogen) atoms. The van der Waals surface area contributed by atoms with Gasteiger partial charge in [-0.25, -0.2) is 4.99 Å². The molecule has 0 aromatic heterocycles. The summed E-state index contributed by atoms with van der Waals surface area (Å²) in [4.78, 5) is 6.27. The Kier molecular flexibility index (Phi) is 3.16. The van der Waals surface area contributed by atoms with Crippen LogP contribution in [0.3, 0.4) is 0 Å². The molecule has 0 spiro atoms. The van der Waals surface area contributed by atoms with Crippen molar-refractivity contribution in [2.24, 2.45) is 4.99 Å². The first-order chi connectivity index (χ1) is 6.92. The minimum atomic E-state index is 0.246. The summed E-state index contributed by atoms with van der Waals surface area (Å²) in [6.45, 7) is 1.93. The third kappa shape index (κ3) is 1.96. The van der Waals surface area contributed by atoms with Gasteiger partial charge in [-0.05, 0) is 18.9 Å². The highest BCUT2D eigenvalue weighted by molar-refractivity contribution is 5.57. The average molecular weight is 194 g/mol. The SMILES string of the molecule is COCC1CCCN1C1C=CN=[C]N1. The molecule has 1 N–H and O–H groups in total. The molecular formula is C10H16N3O. The van der Waals surface area contributed by atoms with E-state index in [1.54, 1.807) is 13.3 Å². The molecule has 0 saturated carbocycles. The van der Waals surface area contributed by atoms with E-state index >= 15 is 0 Å². The van der Waals surface area contributed by atoms with E-state index in [2.05, 4.69) is 27.6 Å². The molecule has 0 aromatic carbocycles. The maximum atomic E-state index is 5.21. The zero-order valence-electron chi connectivity index (χ0n) is 8.44. The lowest BCUT2D eigenvalue weighted by Gasteiger charge is -2.31. The average Bonchev–Trinajstić information content (AvgIpc) is 2.68. The maximum Gasteiger partial charge on any atom is 0.170 e. The first-order valence-corrected chi connectivity index (χ1v) is 5.03. The van der Waals surface area contributed by atoms with E-state index in [1.807, 2.05) is 0 Å². The molecule has 2 aliphatic rings. The monoisotopic (exact) mass is 194 g/mol. The summed E-state index contributed by atoms with van der Waals surface area (Å²) in [6, 6.07) is 0.530. The van der Waals surface area contributed by atoms with Crippen LogP contribution in [0.5, 0.6) is 0 Å². The Morgan fingerprint density at radius 3 is 3.36 bits per heavy atom. The fourth-order valence-electron chi connectivity index (χ4n) is 2.10. The molecule has 77 valence electrons. The molecule has 1 radical (unpaired) electrons. The summed E-state index contributed by atoms with van der Waals surface area (Å²) in [7, 11) is 1.76. The summed E-state index contributed by atoms with van der Waals surface area (Å²) in [5, 5.41) is 3.12. The van der Waals surface area contributed by atoms with E-state index in [0.717, 1.165) is 13.2 Å². The van der Waals surface area contributed by atoms with E-state index in [-0.39, 0.29) is 6.17 Å². The van der Waals surface area contributed by atoms with E-state index < -0.39 is 0 Å². The minimum Gasteiger partial charge on any atom is -0.383 e. The third-order valence-corrected chi connectivity index (χ3v) is 2.76. The molecule has 2 aliphatic heterocycles. The van der Waals surface area contributed by atoms with Crippen LogP contribution >= 0.6 is 0 Å². The zero-order chi connectivity index (χ0) is 9.80. The standard InChI is InChI=1S/C10H16N3O/c1-14-7-9-3-2-6-13(9)10-4-5-11-8-12-10/h4-5,9-10H,2-3,6-7H2,1H3,(H,11,12). The highest BCUT2D eigenvalue weighted by Crippen LogP contribution is 2.20. The number of ether oxygens (including phenoxy) is 1. The molecule has 2 rings (SSSR count). The van der Waals surface area contributed by atoms with Crippen molar-refractivity contribution in [3.8, 4) is 0 Å². The van der Waals surface area contributed by atoms with Gasteiger partial charge in [0.05, 0.1) is 6.61 Å². The van der Waals surface area contributed by atoms with E-state index in [1.165, 1.54) is 12.8 Å². The summed E-state index contributed by atoms with van der Waals surface area (Å²) in [5.74, 6) is 0. The lowest BCUT2D eigenvalue weighted by atomic mass is 10.2. The summed E-state index contributed by atoms with van der Waals surface area (Å²) in [5.41, 5.74) is 0. The normalized spacial score (nSPS) is 32.1. The molecule has 2 heterocycles. The number of rotatable bonds is 3. The van der Waals surface area contributed by atoms with Crippen LogP contribution in [0.1, 0.15) is 12.8 Å². The molecular weight excluding hydrogens is 178 g/mol. The molecule has 0 aromatic rings. The fraction of sp³-hybridized carbons (Fsp3) is 0.700. The Bertz CT molecular complexity index is 240. The molecule has 1 fully saturated rings. The van der Waals surface area contributed by atoms with Gasteiger partial charge in [0.2, 0.25) is 0 Å². The quantitative estimate of drug-likeness (QED) is 0.708. The van der Waals surface area contributed by atoms with E-state index in [0.29, 0.717) is 6.04 Å². The Hall–Kier alpha value is -0.870. The maximum absolute atomic E-state index is 5.21. The largest absolute Gasteiger partial charge is 0.383 e. The van der Waals surface area contributed by atoms with Gasteiger partial charge < -0.3 is 10.1 Å². The second-order valence-electron chi connectivity index (χ2n) is 3.66. The van der Waals surface area contributed by atoms with Crippen molar-refractivity contribution in [2.45, 2.75) is 25.0 Å². The predicted molar refractivity (Wildman–Crippen MR) is 55.1 cm³/mol. The van der Waals surface area contributed by atoms with Crippen LogP contribution in [0.25, 0.3) is 0 Å². The van der Waals surface area contributed by atoms with Gasteiger partial charge in [0.25, 0.3) is 0 Å². The highest BCUT2D eigenvalue weighted by Gasteiger charge is 2.29. The highest BCUT2D eigenvalue weighted by atomic mass is 16.5. The zero-order valence-corrected chi connectivity index (χ0v) is 8.44. The van der Waals surface area contributed by atoms with E-state index in [4.69, 9.17) is 4.74 Å². The van der Waals surface area contributed by atoms with Gasteiger partial charge in [0.15, 0.2) is 6.34 Å². The molecule has 2 unspecified atom stereocenters. The third-order valence-electron chi connectivity index (χ3n) is 2.76. The van der Waals surface area contributed by atoms with Gasteiger partial charge in [-0.2, -0.15) is 0 Å². The van der Waals surface area contributed by atoms with Crippen molar-refractivity contribution in [2.75, 3.05) is 20.3 Å². The molecule has 0 amide bonds. The van der Waals surface area contributed by atoms with Crippen molar-refractivity contribution >= 4 is 6.34 Å². The van der Waals surface area contributed by atoms with Crippen molar-refractivity contribution < 1.29 is 4.74 Å². The fourth-order valence-corrected chi connectivity index (χ4v) is 2.10. The lowest BCUT2D eigenvalue weighted by molar-refractivity contribution is 0.0971. The second kappa shape index (κ2) is 4.57. The molecule has 4 nitrogen and oxygen atoms in total. The van der Waals surface area contributed by atoms with Gasteiger partial charge in [-0.15, -0.1) is 0 Å². The number of nitrogens with one attached hydrogen (secondary N) is 1. The predicted octanol–water partition coefficient (Wildman–Crippen LogP) is 0.446. The smallest absolute Gasteiger partial charge is 0.170 e. The van der Waals surface area contributed by atoms with Gasteiger partial charge in [-0.3, -0.25) is 4.90 Å². The first-order valence-electron chi connectivity index (χ1n) is 5.03. The minimum absolute atomic E-state index is 0.246. The topological polar surface area (TPSA) is 36.9 Å². The molecule has 0 aliphatic carbocycles. The Morgan fingerprint density at radius 2 is 2.64 bits per heavy atom. The van der Waals surface area contributed by atoms with Gasteiger partial charge >= 0.3 is 0 Å². The van der Waals surface area contributed by atoms with Gasteiger partial charge in [0.1, 0.15) is 6.17 Å². The Balaban J connectivity index is 1.95. The van der Waals surface area contributed by atoms with Gasteiger partial charge in [-0.1, -0.05) is 0 Å². The van der Waals surface area contributed by atoms with Gasteiger partial charge in [0, 0.05) is 25.9 Å². The van der Waals surface area contributed by atoms with Crippen LogP contribution in [0.4, 0.5) is 0 Å². The van der Waals surface area contributed by atoms with Crippen LogP contribution in [-0.2, 0) is 4.74 Å². The van der Waals surface area contributed by atoms with Crippen LogP contribution in [-0.4, -0.2) is 43.7 Å². The Labute approximate surface area is 84.6 Å². The number of likely N-dealkylation sites (tertiary alicyclic amines) is 1. The molecule has 4 heteroatoms. The van der Waals surface area contributed by atoms with Crippen LogP contribution < -0.4 is 5.32 Å². The number of aliphatic imine (C=N–C) groups is 1. The second-order valence-corrected chi connectivity index (χ2v) is 3.66. The molecule has 1 saturated heterocycles. The summed E-state index contributed by atoms with van der Waals surface area (Å²) < 4.78 is 5.21. The van der Waals surface area contributed by atoms with Crippen molar-refractivity contribution in [1.82, 2.24) is 10.2 Å².